The standard InChI is InChI=1S/C25H18N4O2S/c1-15-7-12-19-21(14-15)32-25(29-19)17-8-10-18(11-9-17)27-23(30)24(31)28-20-6-2-4-16-5-3-13-26-22(16)20/h2-14H,1H3,(H,27,30)(H,28,31). The Morgan fingerprint density at radius 2 is 1.66 bits per heavy atom. The molecule has 0 unspecified atom stereocenters. The van der Waals surface area contributed by atoms with Gasteiger partial charge in [0.25, 0.3) is 0 Å². The number of carbonyl (C=O) groups is 2. The van der Waals surface area contributed by atoms with Crippen LogP contribution in [-0.2, 0) is 9.59 Å². The van der Waals surface area contributed by atoms with Gasteiger partial charge >= 0.3 is 11.8 Å². The normalized spacial score (nSPS) is 10.9. The minimum atomic E-state index is -0.756. The Bertz CT molecular complexity index is 1470. The molecule has 0 bridgehead atoms. The Balaban J connectivity index is 1.29. The largest absolute Gasteiger partial charge is 0.318 e. The number of thiazole rings is 1. The maximum Gasteiger partial charge on any atom is 0.314 e. The van der Waals surface area contributed by atoms with Crippen molar-refractivity contribution in [2.75, 3.05) is 10.6 Å². The molecule has 2 N–H and O–H groups in total. The quantitative estimate of drug-likeness (QED) is 0.370. The molecule has 0 saturated heterocycles. The average Bonchev–Trinajstić information content (AvgIpc) is 3.23. The number of hydrogen-bond acceptors (Lipinski definition) is 5. The van der Waals surface area contributed by atoms with E-state index in [4.69, 9.17) is 0 Å². The number of anilines is 2. The van der Waals surface area contributed by atoms with Gasteiger partial charge in [0.05, 0.1) is 21.4 Å². The molecule has 3 aromatic carbocycles. The summed E-state index contributed by atoms with van der Waals surface area (Å²) in [5.41, 5.74) is 4.77. The molecule has 32 heavy (non-hydrogen) atoms. The lowest BCUT2D eigenvalue weighted by Crippen LogP contribution is -2.29. The molecule has 0 fully saturated rings. The summed E-state index contributed by atoms with van der Waals surface area (Å²) >= 11 is 1.62. The summed E-state index contributed by atoms with van der Waals surface area (Å²) in [7, 11) is 0. The van der Waals surface area contributed by atoms with Crippen LogP contribution >= 0.6 is 11.3 Å². The van der Waals surface area contributed by atoms with Crippen molar-refractivity contribution in [3.8, 4) is 10.6 Å². The summed E-state index contributed by atoms with van der Waals surface area (Å²) < 4.78 is 1.14. The van der Waals surface area contributed by atoms with E-state index in [2.05, 4.69) is 33.6 Å². The van der Waals surface area contributed by atoms with Crippen LogP contribution in [0.15, 0.2) is 79.0 Å². The number of fused-ring (bicyclic) bond motifs is 2. The van der Waals surface area contributed by atoms with Gasteiger partial charge in [0.1, 0.15) is 5.01 Å². The Labute approximate surface area is 188 Å². The molecule has 6 nitrogen and oxygen atoms in total. The molecule has 2 heterocycles. The fourth-order valence-electron chi connectivity index (χ4n) is 3.42. The highest BCUT2D eigenvalue weighted by atomic mass is 32.1. The summed E-state index contributed by atoms with van der Waals surface area (Å²) in [5.74, 6) is -1.50. The minimum absolute atomic E-state index is 0.490. The fraction of sp³-hybridized carbons (Fsp3) is 0.0400. The van der Waals surface area contributed by atoms with Gasteiger partial charge in [0.15, 0.2) is 0 Å². The van der Waals surface area contributed by atoms with E-state index in [1.807, 2.05) is 42.5 Å². The van der Waals surface area contributed by atoms with Crippen molar-refractivity contribution in [1.29, 1.82) is 0 Å². The predicted molar refractivity (Wildman–Crippen MR) is 129 cm³/mol. The molecular weight excluding hydrogens is 420 g/mol. The summed E-state index contributed by atoms with van der Waals surface area (Å²) in [6.45, 7) is 2.06. The zero-order valence-corrected chi connectivity index (χ0v) is 17.9. The van der Waals surface area contributed by atoms with E-state index in [9.17, 15) is 9.59 Å². The molecule has 0 atom stereocenters. The number of nitrogens with one attached hydrogen (secondary N) is 2. The lowest BCUT2D eigenvalue weighted by Gasteiger charge is -2.09. The molecule has 0 radical (unpaired) electrons. The number of hydrogen-bond donors (Lipinski definition) is 2. The van der Waals surface area contributed by atoms with Crippen molar-refractivity contribution in [3.05, 3.63) is 84.6 Å². The third-order valence-corrected chi connectivity index (χ3v) is 6.09. The zero-order valence-electron chi connectivity index (χ0n) is 17.1. The van der Waals surface area contributed by atoms with Gasteiger partial charge in [-0.3, -0.25) is 14.6 Å². The number of rotatable bonds is 3. The first kappa shape index (κ1) is 19.8. The maximum atomic E-state index is 12.4. The van der Waals surface area contributed by atoms with E-state index in [0.717, 1.165) is 26.2 Å². The zero-order chi connectivity index (χ0) is 22.1. The van der Waals surface area contributed by atoms with Gasteiger partial charge in [-0.1, -0.05) is 24.3 Å². The lowest BCUT2D eigenvalue weighted by atomic mass is 10.2. The summed E-state index contributed by atoms with van der Waals surface area (Å²) in [6.07, 6.45) is 1.65. The second-order valence-corrected chi connectivity index (χ2v) is 8.39. The Morgan fingerprint density at radius 3 is 2.50 bits per heavy atom. The molecule has 2 amide bonds. The molecule has 0 aliphatic heterocycles. The Morgan fingerprint density at radius 1 is 0.875 bits per heavy atom. The number of carbonyl (C=O) groups excluding carboxylic acids is 2. The first-order chi connectivity index (χ1) is 15.6. The highest BCUT2D eigenvalue weighted by Gasteiger charge is 2.16. The van der Waals surface area contributed by atoms with Crippen molar-refractivity contribution in [1.82, 2.24) is 9.97 Å². The van der Waals surface area contributed by atoms with Gasteiger partial charge in [-0.25, -0.2) is 4.98 Å². The van der Waals surface area contributed by atoms with E-state index < -0.39 is 11.8 Å². The molecule has 0 saturated carbocycles. The smallest absolute Gasteiger partial charge is 0.314 e. The number of aryl methyl sites for hydroxylation is 1. The van der Waals surface area contributed by atoms with E-state index in [-0.39, 0.29) is 0 Å². The van der Waals surface area contributed by atoms with Crippen LogP contribution in [0.2, 0.25) is 0 Å². The van der Waals surface area contributed by atoms with Crippen LogP contribution in [0.1, 0.15) is 5.56 Å². The van der Waals surface area contributed by atoms with Crippen LogP contribution < -0.4 is 10.6 Å². The first-order valence-electron chi connectivity index (χ1n) is 10.0. The lowest BCUT2D eigenvalue weighted by molar-refractivity contribution is -0.132. The van der Waals surface area contributed by atoms with Crippen molar-refractivity contribution in [2.24, 2.45) is 0 Å². The van der Waals surface area contributed by atoms with E-state index in [1.54, 1.807) is 41.8 Å². The Kier molecular flexibility index (Phi) is 5.09. The molecular formula is C25H18N4O2S. The van der Waals surface area contributed by atoms with Crippen LogP contribution in [0.3, 0.4) is 0 Å². The molecule has 0 aliphatic carbocycles. The highest BCUT2D eigenvalue weighted by molar-refractivity contribution is 7.21. The minimum Gasteiger partial charge on any atom is -0.318 e. The first-order valence-corrected chi connectivity index (χ1v) is 10.8. The molecule has 7 heteroatoms. The summed E-state index contributed by atoms with van der Waals surface area (Å²) in [5, 5.41) is 7.06. The monoisotopic (exact) mass is 438 g/mol. The van der Waals surface area contributed by atoms with E-state index in [1.165, 1.54) is 5.56 Å². The van der Waals surface area contributed by atoms with Crippen LogP contribution in [0.5, 0.6) is 0 Å². The number of benzene rings is 3. The van der Waals surface area contributed by atoms with Crippen molar-refractivity contribution in [2.45, 2.75) is 6.92 Å². The fourth-order valence-corrected chi connectivity index (χ4v) is 4.49. The van der Waals surface area contributed by atoms with Gasteiger partial charge in [0, 0.05) is 22.8 Å². The van der Waals surface area contributed by atoms with Crippen molar-refractivity contribution >= 4 is 55.6 Å². The van der Waals surface area contributed by atoms with Crippen molar-refractivity contribution < 1.29 is 9.59 Å². The van der Waals surface area contributed by atoms with Crippen LogP contribution in [-0.4, -0.2) is 21.8 Å². The second-order valence-electron chi connectivity index (χ2n) is 7.36. The topological polar surface area (TPSA) is 84.0 Å². The molecule has 156 valence electrons. The molecule has 0 aliphatic rings. The number of pyridine rings is 1. The highest BCUT2D eigenvalue weighted by Crippen LogP contribution is 2.31. The van der Waals surface area contributed by atoms with Gasteiger partial charge in [-0.05, 0) is 61.0 Å². The predicted octanol–water partition coefficient (Wildman–Crippen LogP) is 5.40. The third kappa shape index (κ3) is 3.93. The van der Waals surface area contributed by atoms with Gasteiger partial charge < -0.3 is 10.6 Å². The van der Waals surface area contributed by atoms with Crippen LogP contribution in [0.4, 0.5) is 11.4 Å². The van der Waals surface area contributed by atoms with Gasteiger partial charge in [0.2, 0.25) is 0 Å². The van der Waals surface area contributed by atoms with E-state index >= 15 is 0 Å². The third-order valence-electron chi connectivity index (χ3n) is 5.02. The van der Waals surface area contributed by atoms with E-state index in [0.29, 0.717) is 16.9 Å². The number of nitrogens with zero attached hydrogens (tertiary/aromatic N) is 2. The number of amides is 2. The average molecular weight is 439 g/mol. The molecule has 2 aromatic heterocycles. The summed E-state index contributed by atoms with van der Waals surface area (Å²) in [6, 6.07) is 22.6. The van der Waals surface area contributed by atoms with Crippen molar-refractivity contribution in [3.63, 3.8) is 0 Å². The second kappa shape index (κ2) is 8.20. The van der Waals surface area contributed by atoms with Crippen LogP contribution in [0.25, 0.3) is 31.7 Å². The Hall–Kier alpha value is -4.10. The number of aromatic nitrogens is 2. The SMILES string of the molecule is Cc1ccc2nc(-c3ccc(NC(=O)C(=O)Nc4cccc5cccnc45)cc3)sc2c1. The number of para-hydroxylation sites is 1. The molecule has 0 spiro atoms. The molecule has 5 aromatic rings. The van der Waals surface area contributed by atoms with Gasteiger partial charge in [-0.15, -0.1) is 11.3 Å². The van der Waals surface area contributed by atoms with Gasteiger partial charge in [-0.2, -0.15) is 0 Å². The van der Waals surface area contributed by atoms with Crippen LogP contribution in [0, 0.1) is 6.92 Å². The molecule has 5 rings (SSSR count). The summed E-state index contributed by atoms with van der Waals surface area (Å²) in [4.78, 5) is 33.8. The maximum absolute atomic E-state index is 12.4.